The number of likely N-dealkylation sites (tertiary alicyclic amines) is 1. The minimum absolute atomic E-state index is 0.0398. The summed E-state index contributed by atoms with van der Waals surface area (Å²) in [6, 6.07) is 15.2. The zero-order valence-corrected chi connectivity index (χ0v) is 20.0. The molecule has 7 heteroatoms. The van der Waals surface area contributed by atoms with Gasteiger partial charge >= 0.3 is 0 Å². The molecule has 1 unspecified atom stereocenters. The Morgan fingerprint density at radius 2 is 1.85 bits per heavy atom. The lowest BCUT2D eigenvalue weighted by molar-refractivity contribution is -0.134. The first-order valence-electron chi connectivity index (χ1n) is 12.0. The first kappa shape index (κ1) is 24.1. The second-order valence-electron chi connectivity index (χ2n) is 9.22. The first-order chi connectivity index (χ1) is 16.5. The maximum Gasteiger partial charge on any atom is 0.257 e. The molecule has 2 aromatic rings. The molecule has 1 atom stereocenters. The van der Waals surface area contributed by atoms with Crippen LogP contribution in [-0.2, 0) is 16.1 Å². The predicted molar refractivity (Wildman–Crippen MR) is 129 cm³/mol. The number of nitrogens with one attached hydrogen (secondary N) is 1. The van der Waals surface area contributed by atoms with E-state index in [1.54, 1.807) is 32.4 Å². The van der Waals surface area contributed by atoms with Gasteiger partial charge in [0.05, 0.1) is 25.4 Å². The van der Waals surface area contributed by atoms with Crippen molar-refractivity contribution in [3.63, 3.8) is 0 Å². The van der Waals surface area contributed by atoms with Crippen molar-refractivity contribution in [2.24, 2.45) is 5.92 Å². The van der Waals surface area contributed by atoms with Crippen LogP contribution in [0.2, 0.25) is 0 Å². The number of hydrogen-bond acceptors (Lipinski definition) is 5. The maximum atomic E-state index is 13.2. The molecule has 0 aromatic heterocycles. The highest BCUT2D eigenvalue weighted by Crippen LogP contribution is 2.39. The number of rotatable bonds is 7. The fraction of sp³-hybridized carbons (Fsp3) is 0.481. The lowest BCUT2D eigenvalue weighted by atomic mass is 9.78. The van der Waals surface area contributed by atoms with Gasteiger partial charge in [-0.2, -0.15) is 0 Å². The number of amides is 2. The molecule has 2 amide bonds. The topological polar surface area (TPSA) is 77.1 Å². The number of carbonyl (C=O) groups excluding carboxylic acids is 2. The van der Waals surface area contributed by atoms with Crippen LogP contribution in [-0.4, -0.2) is 56.2 Å². The van der Waals surface area contributed by atoms with E-state index in [1.807, 2.05) is 35.2 Å². The van der Waals surface area contributed by atoms with E-state index in [0.717, 1.165) is 31.2 Å². The first-order valence-corrected chi connectivity index (χ1v) is 12.0. The molecule has 34 heavy (non-hydrogen) atoms. The molecule has 2 aliphatic rings. The lowest BCUT2D eigenvalue weighted by Crippen LogP contribution is -2.51. The van der Waals surface area contributed by atoms with Crippen molar-refractivity contribution in [3.8, 4) is 11.5 Å². The summed E-state index contributed by atoms with van der Waals surface area (Å²) in [5.41, 5.74) is 1.39. The van der Waals surface area contributed by atoms with Gasteiger partial charge in [0.1, 0.15) is 11.5 Å². The molecule has 0 bridgehead atoms. The van der Waals surface area contributed by atoms with Gasteiger partial charge in [-0.1, -0.05) is 30.3 Å². The van der Waals surface area contributed by atoms with Gasteiger partial charge in [-0.3, -0.25) is 9.59 Å². The number of carbonyl (C=O) groups is 2. The molecule has 2 heterocycles. The third-order valence-corrected chi connectivity index (χ3v) is 7.00. The van der Waals surface area contributed by atoms with Gasteiger partial charge in [-0.25, -0.2) is 0 Å². The zero-order valence-electron chi connectivity index (χ0n) is 20.0. The third-order valence-electron chi connectivity index (χ3n) is 7.00. The van der Waals surface area contributed by atoms with E-state index in [2.05, 4.69) is 5.32 Å². The third kappa shape index (κ3) is 5.70. The van der Waals surface area contributed by atoms with Gasteiger partial charge in [0, 0.05) is 38.7 Å². The molecule has 2 aromatic carbocycles. The van der Waals surface area contributed by atoms with Gasteiger partial charge in [0.2, 0.25) is 5.91 Å². The molecule has 1 N–H and O–H groups in total. The van der Waals surface area contributed by atoms with Crippen LogP contribution in [0.15, 0.2) is 48.5 Å². The maximum absolute atomic E-state index is 13.2. The molecule has 2 fully saturated rings. The Bertz CT molecular complexity index is 986. The summed E-state index contributed by atoms with van der Waals surface area (Å²) >= 11 is 0. The van der Waals surface area contributed by atoms with Crippen molar-refractivity contribution in [2.75, 3.05) is 33.9 Å². The van der Waals surface area contributed by atoms with Crippen molar-refractivity contribution in [2.45, 2.75) is 44.2 Å². The smallest absolute Gasteiger partial charge is 0.257 e. The highest BCUT2D eigenvalue weighted by atomic mass is 16.5. The van der Waals surface area contributed by atoms with E-state index in [1.165, 1.54) is 0 Å². The Balaban J connectivity index is 1.30. The van der Waals surface area contributed by atoms with Crippen molar-refractivity contribution >= 4 is 11.8 Å². The molecular weight excluding hydrogens is 432 g/mol. The van der Waals surface area contributed by atoms with E-state index in [0.29, 0.717) is 55.6 Å². The van der Waals surface area contributed by atoms with E-state index in [4.69, 9.17) is 14.2 Å². The zero-order chi connectivity index (χ0) is 24.0. The monoisotopic (exact) mass is 466 g/mol. The van der Waals surface area contributed by atoms with Gasteiger partial charge in [-0.15, -0.1) is 0 Å². The molecule has 0 saturated carbocycles. The summed E-state index contributed by atoms with van der Waals surface area (Å²) in [6.07, 6.45) is 3.83. The van der Waals surface area contributed by atoms with Gasteiger partial charge in [0.25, 0.3) is 5.91 Å². The Kier molecular flexibility index (Phi) is 7.73. The number of benzene rings is 2. The van der Waals surface area contributed by atoms with Gasteiger partial charge in [0.15, 0.2) is 0 Å². The Labute approximate surface area is 201 Å². The molecule has 1 spiro atoms. The molecular formula is C27H34N2O5. The average molecular weight is 467 g/mol. The Hall–Kier alpha value is -3.06. The SMILES string of the molecule is COc1ccc(C(=O)N2CCC3(CC2)CC(CC(=O)NCc2ccccc2)CCO3)c(OC)c1. The number of piperidine rings is 1. The van der Waals surface area contributed by atoms with Crippen LogP contribution in [0.1, 0.15) is 48.0 Å². The fourth-order valence-electron chi connectivity index (χ4n) is 5.05. The highest BCUT2D eigenvalue weighted by Gasteiger charge is 2.41. The van der Waals surface area contributed by atoms with E-state index in [-0.39, 0.29) is 17.4 Å². The van der Waals surface area contributed by atoms with Crippen molar-refractivity contribution in [3.05, 3.63) is 59.7 Å². The number of hydrogen-bond donors (Lipinski definition) is 1. The van der Waals surface area contributed by atoms with Crippen molar-refractivity contribution in [1.29, 1.82) is 0 Å². The van der Waals surface area contributed by atoms with Gasteiger partial charge in [-0.05, 0) is 49.3 Å². The number of methoxy groups -OCH3 is 2. The summed E-state index contributed by atoms with van der Waals surface area (Å²) in [5.74, 6) is 1.51. The van der Waals surface area contributed by atoms with Crippen LogP contribution >= 0.6 is 0 Å². The van der Waals surface area contributed by atoms with Gasteiger partial charge < -0.3 is 24.4 Å². The number of ether oxygens (including phenoxy) is 3. The predicted octanol–water partition coefficient (Wildman–Crippen LogP) is 3.81. The van der Waals surface area contributed by atoms with Crippen LogP contribution in [0.4, 0.5) is 0 Å². The molecule has 4 rings (SSSR count). The molecule has 2 aliphatic heterocycles. The van der Waals surface area contributed by atoms with E-state index in [9.17, 15) is 9.59 Å². The largest absolute Gasteiger partial charge is 0.497 e. The second-order valence-corrected chi connectivity index (χ2v) is 9.22. The summed E-state index contributed by atoms with van der Waals surface area (Å²) in [6.45, 7) is 2.47. The molecule has 2 saturated heterocycles. The molecule has 0 radical (unpaired) electrons. The number of nitrogens with zero attached hydrogens (tertiary/aromatic N) is 1. The lowest BCUT2D eigenvalue weighted by Gasteiger charge is -2.46. The summed E-state index contributed by atoms with van der Waals surface area (Å²) in [4.78, 5) is 27.6. The van der Waals surface area contributed by atoms with Crippen molar-refractivity contribution in [1.82, 2.24) is 10.2 Å². The van der Waals surface area contributed by atoms with Crippen LogP contribution in [0.25, 0.3) is 0 Å². The summed E-state index contributed by atoms with van der Waals surface area (Å²) in [7, 11) is 3.15. The Morgan fingerprint density at radius 1 is 1.09 bits per heavy atom. The standard InChI is InChI=1S/C27H34N2O5/c1-32-22-8-9-23(24(17-22)33-2)26(31)29-13-11-27(12-14-29)18-21(10-15-34-27)16-25(30)28-19-20-6-4-3-5-7-20/h3-9,17,21H,10-16,18-19H2,1-2H3,(H,28,30). The van der Waals surface area contributed by atoms with Crippen LogP contribution in [0.5, 0.6) is 11.5 Å². The van der Waals surface area contributed by atoms with Crippen LogP contribution in [0, 0.1) is 5.92 Å². The van der Waals surface area contributed by atoms with Crippen LogP contribution < -0.4 is 14.8 Å². The van der Waals surface area contributed by atoms with E-state index < -0.39 is 0 Å². The minimum Gasteiger partial charge on any atom is -0.497 e. The minimum atomic E-state index is -0.247. The van der Waals surface area contributed by atoms with E-state index >= 15 is 0 Å². The highest BCUT2D eigenvalue weighted by molar-refractivity contribution is 5.97. The normalized spacial score (nSPS) is 19.5. The summed E-state index contributed by atoms with van der Waals surface area (Å²) < 4.78 is 16.9. The Morgan fingerprint density at radius 3 is 2.56 bits per heavy atom. The molecule has 182 valence electrons. The summed E-state index contributed by atoms with van der Waals surface area (Å²) in [5, 5.41) is 3.04. The molecule has 0 aliphatic carbocycles. The second kappa shape index (κ2) is 10.9. The van der Waals surface area contributed by atoms with Crippen molar-refractivity contribution < 1.29 is 23.8 Å². The molecule has 7 nitrogen and oxygen atoms in total. The van der Waals surface area contributed by atoms with Crippen LogP contribution in [0.3, 0.4) is 0 Å². The fourth-order valence-corrected chi connectivity index (χ4v) is 5.05. The average Bonchev–Trinajstić information content (AvgIpc) is 2.88. The quantitative estimate of drug-likeness (QED) is 0.672.